The molecule has 0 unspecified atom stereocenters. The minimum absolute atomic E-state index is 0.0444. The normalized spacial score (nSPS) is 24.2. The maximum atomic E-state index is 14.1. The van der Waals surface area contributed by atoms with E-state index in [2.05, 4.69) is 59.4 Å². The smallest absolute Gasteiger partial charge is 0.305 e. The van der Waals surface area contributed by atoms with Crippen molar-refractivity contribution in [2.24, 2.45) is 21.5 Å². The molecule has 1 aromatic carbocycles. The quantitative estimate of drug-likeness (QED) is 0.0420. The number of amides is 8. The monoisotopic (exact) mass is 1020 g/mol. The Kier molecular flexibility index (Phi) is 27.3. The summed E-state index contributed by atoms with van der Waals surface area (Å²) in [6.07, 6.45) is 1.29. The van der Waals surface area contributed by atoms with Gasteiger partial charge in [0, 0.05) is 36.8 Å². The Labute approximate surface area is 411 Å². The van der Waals surface area contributed by atoms with Crippen molar-refractivity contribution in [1.82, 2.24) is 42.5 Å². The molecule has 3 rings (SSSR count). The van der Waals surface area contributed by atoms with Gasteiger partial charge in [-0.15, -0.1) is 11.8 Å². The van der Waals surface area contributed by atoms with Gasteiger partial charge in [-0.2, -0.15) is 0 Å². The average molecular weight is 1020 g/mol. The molecular formula is C42H63N12O12S3-. The number of Topliss-reactive ketones (excluding diaryl/α,β-unsaturated/α-hetero) is 1. The number of carbonyl (C=O) groups excluding carboxylic acids is 9. The molecule has 382 valence electrons. The lowest BCUT2D eigenvalue weighted by atomic mass is 10.0. The third kappa shape index (κ3) is 24.2. The van der Waals surface area contributed by atoms with Crippen LogP contribution in [-0.4, -0.2) is 161 Å². The fraction of sp³-hybridized carbons (Fsp3) is 0.571. The summed E-state index contributed by atoms with van der Waals surface area (Å²) in [5, 5.41) is 39.7. The molecule has 0 radical (unpaired) electrons. The van der Waals surface area contributed by atoms with E-state index < -0.39 is 114 Å². The van der Waals surface area contributed by atoms with E-state index in [1.165, 1.54) is 20.8 Å². The summed E-state index contributed by atoms with van der Waals surface area (Å²) in [5.41, 5.74) is 11.4. The highest BCUT2D eigenvalue weighted by atomic mass is 33.1. The van der Waals surface area contributed by atoms with Crippen molar-refractivity contribution in [3.05, 3.63) is 35.9 Å². The molecule has 1 aromatic rings. The number of aliphatic imine (C=N–C) groups is 2. The Morgan fingerprint density at radius 1 is 0.710 bits per heavy atom. The second kappa shape index (κ2) is 31.9. The third-order valence-corrected chi connectivity index (χ3v) is 13.2. The molecule has 0 saturated carbocycles. The van der Waals surface area contributed by atoms with E-state index in [0.717, 1.165) is 46.2 Å². The number of guanidine groups is 1. The number of carboxylic acid groups (broad SMARTS) is 1. The number of unbranched alkanes of at least 4 members (excludes halogenated alkanes) is 1. The molecule has 2 aliphatic rings. The van der Waals surface area contributed by atoms with Gasteiger partial charge in [-0.05, 0) is 51.5 Å². The highest BCUT2D eigenvalue weighted by Gasteiger charge is 2.34. The van der Waals surface area contributed by atoms with Gasteiger partial charge in [0.25, 0.3) is 0 Å². The lowest BCUT2D eigenvalue weighted by molar-refractivity contribution is -0.216. The molecular weight excluding hydrogens is 961 g/mol. The van der Waals surface area contributed by atoms with Gasteiger partial charge < -0.3 is 69.2 Å². The zero-order valence-electron chi connectivity index (χ0n) is 38.8. The number of nitrogens with two attached hydrogens (primary N) is 2. The Balaban J connectivity index is 0.00000186. The van der Waals surface area contributed by atoms with Crippen molar-refractivity contribution < 1.29 is 58.2 Å². The first-order valence-electron chi connectivity index (χ1n) is 21.9. The number of aliphatic carboxylic acids is 1. The molecule has 0 aromatic heterocycles. The number of hydrogen-bond acceptors (Lipinski definition) is 16. The number of thioether (sulfide) groups is 1. The molecule has 0 aliphatic carbocycles. The minimum Gasteiger partial charge on any atom is -0.862 e. The molecule has 2 fully saturated rings. The van der Waals surface area contributed by atoms with Crippen LogP contribution in [0.5, 0.6) is 0 Å². The van der Waals surface area contributed by atoms with Crippen molar-refractivity contribution in [2.75, 3.05) is 42.6 Å². The highest BCUT2D eigenvalue weighted by Crippen LogP contribution is 2.24. The van der Waals surface area contributed by atoms with Gasteiger partial charge in [0.2, 0.25) is 47.3 Å². The molecule has 0 spiro atoms. The van der Waals surface area contributed by atoms with E-state index in [9.17, 15) is 58.2 Å². The van der Waals surface area contributed by atoms with E-state index in [0.29, 0.717) is 12.1 Å². The van der Waals surface area contributed by atoms with E-state index in [1.54, 1.807) is 30.3 Å². The van der Waals surface area contributed by atoms with Gasteiger partial charge in [-0.3, -0.25) is 52.9 Å². The summed E-state index contributed by atoms with van der Waals surface area (Å²) in [7, 11) is 1.94. The Bertz CT molecular complexity index is 2010. The zero-order valence-corrected chi connectivity index (χ0v) is 41.3. The highest BCUT2D eigenvalue weighted by molar-refractivity contribution is 8.76. The van der Waals surface area contributed by atoms with E-state index in [4.69, 9.17) is 11.5 Å². The molecule has 7 atom stereocenters. The molecule has 27 heteroatoms. The van der Waals surface area contributed by atoms with Crippen molar-refractivity contribution in [3.63, 3.8) is 0 Å². The number of nitrogens with one attached hydrogen (secondary N) is 8. The standard InChI is InChI=1S/C36H51N11O11S3.C6H13NO/c1-18-30(53)46-25-15-60-61-16-26(35(58)44-22(11-20-7-4-3-5-8-20)32(55)45-24(19(2)48)14-59-17-28(50)41-18)47-33(56)23(12-29(51)52)42-27(49)13-40-31(54)21(43-34(25)57)9-6-10-39-36(37)38;1-3-4-5-7-6(2)8/h3-5,7-8,18,21-26H,6,9-17H2,1-2H3,(H,40,54)(H,41,50)(H,42,49)(H,43,57)(H,44,58)(H,45,55)(H,46,53)(H,47,56)(H,51,52)(H4,37,38,39);3-5H2,1-2H3,(H,7,8)/p-1/t18-,21-,22-,23-,24-,25-,26-;/m0./s1. The van der Waals surface area contributed by atoms with Crippen molar-refractivity contribution in [3.8, 4) is 0 Å². The first-order valence-corrected chi connectivity index (χ1v) is 25.5. The number of benzene rings is 1. The number of nitrogens with zero attached hydrogens (tertiary/aromatic N) is 2. The summed E-state index contributed by atoms with van der Waals surface area (Å²) in [6, 6.07) is -0.884. The van der Waals surface area contributed by atoms with Gasteiger partial charge in [0.15, 0.2) is 11.7 Å². The van der Waals surface area contributed by atoms with Crippen LogP contribution in [0.15, 0.2) is 40.3 Å². The van der Waals surface area contributed by atoms with Crippen molar-refractivity contribution in [2.45, 2.75) is 109 Å². The number of fused-ring (bicyclic) bond motifs is 5. The van der Waals surface area contributed by atoms with Crippen LogP contribution >= 0.6 is 33.3 Å². The van der Waals surface area contributed by atoms with Crippen LogP contribution in [0.3, 0.4) is 0 Å². The molecule has 2 saturated heterocycles. The number of ketones is 1. The lowest BCUT2D eigenvalue weighted by Gasteiger charge is -2.26. The summed E-state index contributed by atoms with van der Waals surface area (Å²) >= 11 is 0.990. The predicted octanol–water partition coefficient (Wildman–Crippen LogP) is -3.42. The average Bonchev–Trinajstić information content (AvgIpc) is 3.28. The number of carbonyl (C=O) groups is 10. The van der Waals surface area contributed by atoms with Crippen LogP contribution in [0.2, 0.25) is 0 Å². The molecule has 2 heterocycles. The lowest BCUT2D eigenvalue weighted by Crippen LogP contribution is -2.59. The summed E-state index contributed by atoms with van der Waals surface area (Å²) in [4.78, 5) is 140. The summed E-state index contributed by atoms with van der Waals surface area (Å²) < 4.78 is 0. The van der Waals surface area contributed by atoms with E-state index in [1.807, 2.05) is 0 Å². The maximum absolute atomic E-state index is 14.1. The summed E-state index contributed by atoms with van der Waals surface area (Å²) in [5.74, 6) is -9.72. The summed E-state index contributed by atoms with van der Waals surface area (Å²) in [6.45, 7) is 6.17. The zero-order chi connectivity index (χ0) is 51.5. The predicted molar refractivity (Wildman–Crippen MR) is 260 cm³/mol. The number of rotatable bonds is 12. The van der Waals surface area contributed by atoms with Crippen LogP contribution in [-0.2, 0) is 54.4 Å². The first kappa shape index (κ1) is 59.0. The molecule has 8 amide bonds. The topological polar surface area (TPSA) is 387 Å². The third-order valence-electron chi connectivity index (χ3n) is 9.71. The molecule has 2 aliphatic heterocycles. The van der Waals surface area contributed by atoms with Crippen molar-refractivity contribution in [1.29, 1.82) is 0 Å². The van der Waals surface area contributed by atoms with Gasteiger partial charge in [-0.25, -0.2) is 0 Å². The minimum atomic E-state index is -1.74. The molecule has 2 bridgehead atoms. The Morgan fingerprint density at radius 3 is 1.88 bits per heavy atom. The molecule has 69 heavy (non-hydrogen) atoms. The van der Waals surface area contributed by atoms with Crippen LogP contribution in [0.4, 0.5) is 0 Å². The van der Waals surface area contributed by atoms with Gasteiger partial charge in [-0.1, -0.05) is 65.3 Å². The van der Waals surface area contributed by atoms with Gasteiger partial charge in [0.1, 0.15) is 36.3 Å². The fourth-order valence-corrected chi connectivity index (χ4v) is 9.28. The van der Waals surface area contributed by atoms with Crippen LogP contribution in [0.25, 0.3) is 0 Å². The fourth-order valence-electron chi connectivity index (χ4n) is 6.01. The number of hydrogen-bond donors (Lipinski definition) is 11. The van der Waals surface area contributed by atoms with Crippen LogP contribution in [0.1, 0.15) is 65.4 Å². The Hall–Kier alpha value is -6.09. The van der Waals surface area contributed by atoms with Crippen LogP contribution < -0.4 is 59.1 Å². The first-order chi connectivity index (χ1) is 32.7. The SMILES string of the molecule is CC(=O)[C@@H]1CSCC(=O)N[C@@H](C)C(=O)N[C@H]2CSSC[C@H](NC(=O)[C@H](CC(=O)O)NC(=O)CNC(=O)[C@H](CCCN=C(N)N)NC2=O)C(=O)N[C@@H](Cc2ccccc2)C(=O)N1.CCCCN=C(C)[O-]. The maximum Gasteiger partial charge on any atom is 0.305 e. The largest absolute Gasteiger partial charge is 0.862 e. The van der Waals surface area contributed by atoms with Crippen molar-refractivity contribution >= 4 is 104 Å². The Morgan fingerprint density at radius 2 is 1.30 bits per heavy atom. The number of carboxylic acids is 1. The van der Waals surface area contributed by atoms with E-state index >= 15 is 0 Å². The molecule has 24 nitrogen and oxygen atoms in total. The van der Waals surface area contributed by atoms with Gasteiger partial charge >= 0.3 is 5.97 Å². The van der Waals surface area contributed by atoms with Crippen LogP contribution in [0, 0.1) is 0 Å². The van der Waals surface area contributed by atoms with E-state index in [-0.39, 0.29) is 60.7 Å². The van der Waals surface area contributed by atoms with Gasteiger partial charge in [0.05, 0.1) is 24.8 Å². The molecule has 13 N–H and O–H groups in total. The second-order valence-corrected chi connectivity index (χ2v) is 19.2. The second-order valence-electron chi connectivity index (χ2n) is 15.6.